The van der Waals surface area contributed by atoms with Crippen molar-refractivity contribution in [2.75, 3.05) is 7.11 Å². The van der Waals surface area contributed by atoms with Crippen molar-refractivity contribution in [3.63, 3.8) is 0 Å². The summed E-state index contributed by atoms with van der Waals surface area (Å²) in [5.74, 6) is -0.112. The van der Waals surface area contributed by atoms with E-state index in [0.717, 1.165) is 42.4 Å². The van der Waals surface area contributed by atoms with Crippen LogP contribution in [0.25, 0.3) is 0 Å². The molecule has 0 fully saturated rings. The van der Waals surface area contributed by atoms with Crippen molar-refractivity contribution in [2.45, 2.75) is 64.5 Å². The maximum absolute atomic E-state index is 12.6. The monoisotopic (exact) mass is 439 g/mol. The number of amides is 1. The minimum absolute atomic E-state index is 0.0897. The van der Waals surface area contributed by atoms with E-state index in [-0.39, 0.29) is 24.8 Å². The molecule has 0 aliphatic heterocycles. The number of esters is 1. The minimum atomic E-state index is -0.546. The number of hydrogen-bond acceptors (Lipinski definition) is 5. The first kappa shape index (κ1) is 25.1. The summed E-state index contributed by atoms with van der Waals surface area (Å²) < 4.78 is 9.96. The van der Waals surface area contributed by atoms with Gasteiger partial charge in [-0.25, -0.2) is 4.79 Å². The zero-order chi connectivity index (χ0) is 23.2. The molecule has 0 aliphatic carbocycles. The molecule has 172 valence electrons. The Bertz CT molecular complexity index is 848. The van der Waals surface area contributed by atoms with Crippen LogP contribution in [0.1, 0.15) is 67.7 Å². The number of ether oxygens (including phenoxy) is 2. The summed E-state index contributed by atoms with van der Waals surface area (Å²) >= 11 is 0. The van der Waals surface area contributed by atoms with Crippen molar-refractivity contribution in [3.8, 4) is 0 Å². The molecular weight excluding hydrogens is 406 g/mol. The topological polar surface area (TPSA) is 81.7 Å². The highest BCUT2D eigenvalue weighted by molar-refractivity contribution is 5.80. The number of nitrogens with one attached hydrogen (secondary N) is 1. The average molecular weight is 440 g/mol. The lowest BCUT2D eigenvalue weighted by atomic mass is 9.98. The summed E-state index contributed by atoms with van der Waals surface area (Å²) in [6.45, 7) is 2.17. The predicted octanol–water partition coefficient (Wildman–Crippen LogP) is 5.44. The fraction of sp³-hybridized carbons (Fsp3) is 0.423. The van der Waals surface area contributed by atoms with Crippen LogP contribution in [0.3, 0.4) is 0 Å². The molecule has 6 nitrogen and oxygen atoms in total. The van der Waals surface area contributed by atoms with Crippen LogP contribution in [-0.4, -0.2) is 25.0 Å². The maximum Gasteiger partial charge on any atom is 0.407 e. The number of hydrogen-bond donors (Lipinski definition) is 1. The quantitative estimate of drug-likeness (QED) is 0.332. The minimum Gasteiger partial charge on any atom is -0.469 e. The molecule has 0 saturated heterocycles. The van der Waals surface area contributed by atoms with Gasteiger partial charge in [0.1, 0.15) is 12.4 Å². The Labute approximate surface area is 190 Å². The third-order valence-electron chi connectivity index (χ3n) is 5.23. The largest absolute Gasteiger partial charge is 0.469 e. The Kier molecular flexibility index (Phi) is 11.0. The van der Waals surface area contributed by atoms with E-state index < -0.39 is 12.1 Å². The van der Waals surface area contributed by atoms with E-state index in [1.807, 2.05) is 61.5 Å². The fourth-order valence-corrected chi connectivity index (χ4v) is 3.33. The summed E-state index contributed by atoms with van der Waals surface area (Å²) in [6.07, 6.45) is 3.82. The molecule has 0 saturated carbocycles. The summed E-state index contributed by atoms with van der Waals surface area (Å²) in [5, 5.41) is 2.85. The second-order valence-electron chi connectivity index (χ2n) is 7.90. The molecule has 0 radical (unpaired) electrons. The van der Waals surface area contributed by atoms with Crippen LogP contribution in [0, 0.1) is 6.92 Å². The first-order chi connectivity index (χ1) is 15.5. The first-order valence-corrected chi connectivity index (χ1v) is 11.1. The highest BCUT2D eigenvalue weighted by Gasteiger charge is 2.19. The second-order valence-corrected chi connectivity index (χ2v) is 7.90. The Morgan fingerprint density at radius 1 is 0.875 bits per heavy atom. The molecular formula is C26H33NO5. The van der Waals surface area contributed by atoms with Crippen molar-refractivity contribution in [1.82, 2.24) is 5.32 Å². The van der Waals surface area contributed by atoms with E-state index in [4.69, 9.17) is 4.74 Å². The molecule has 2 aromatic carbocycles. The zero-order valence-corrected chi connectivity index (χ0v) is 19.0. The van der Waals surface area contributed by atoms with E-state index in [1.165, 1.54) is 7.11 Å². The molecule has 1 atom stereocenters. The van der Waals surface area contributed by atoms with Gasteiger partial charge in [-0.2, -0.15) is 0 Å². The molecule has 0 aliphatic rings. The summed E-state index contributed by atoms with van der Waals surface area (Å²) in [5.41, 5.74) is 2.88. The first-order valence-electron chi connectivity index (χ1n) is 11.1. The number of carbonyl (C=O) groups is 3. The van der Waals surface area contributed by atoms with E-state index >= 15 is 0 Å². The zero-order valence-electron chi connectivity index (χ0n) is 19.0. The molecule has 0 spiro atoms. The molecule has 2 rings (SSSR count). The molecule has 1 N–H and O–H groups in total. The van der Waals surface area contributed by atoms with Gasteiger partial charge in [0.15, 0.2) is 0 Å². The third-order valence-corrected chi connectivity index (χ3v) is 5.23. The van der Waals surface area contributed by atoms with Crippen LogP contribution in [-0.2, 0) is 25.7 Å². The van der Waals surface area contributed by atoms with Crippen LogP contribution in [0.15, 0.2) is 54.6 Å². The summed E-state index contributed by atoms with van der Waals surface area (Å²) in [7, 11) is 1.39. The van der Waals surface area contributed by atoms with Gasteiger partial charge in [-0.05, 0) is 30.9 Å². The predicted molar refractivity (Wildman–Crippen MR) is 123 cm³/mol. The van der Waals surface area contributed by atoms with E-state index in [1.54, 1.807) is 0 Å². The number of alkyl carbamates (subject to hydrolysis) is 1. The number of aryl methyl sites for hydroxylation is 1. The summed E-state index contributed by atoms with van der Waals surface area (Å²) in [4.78, 5) is 36.1. The average Bonchev–Trinajstić information content (AvgIpc) is 2.80. The maximum atomic E-state index is 12.6. The standard InChI is InChI=1S/C26H33NO5/c1-20-14-16-22(17-15-20)24(27-26(30)32-19-21-10-6-5-7-11-21)18-23(28)12-8-3-4-9-13-25(29)31-2/h5-7,10-11,14-17,24H,3-4,8-9,12-13,18-19H2,1-2H3,(H,27,30). The highest BCUT2D eigenvalue weighted by Crippen LogP contribution is 2.20. The summed E-state index contributed by atoms with van der Waals surface area (Å²) in [6, 6.07) is 16.8. The van der Waals surface area contributed by atoms with E-state index in [2.05, 4.69) is 10.1 Å². The van der Waals surface area contributed by atoms with E-state index in [9.17, 15) is 14.4 Å². The lowest BCUT2D eigenvalue weighted by molar-refractivity contribution is -0.140. The van der Waals surface area contributed by atoms with Crippen LogP contribution in [0.2, 0.25) is 0 Å². The lowest BCUT2D eigenvalue weighted by Crippen LogP contribution is -2.30. The van der Waals surface area contributed by atoms with Crippen molar-refractivity contribution < 1.29 is 23.9 Å². The Morgan fingerprint density at radius 3 is 2.19 bits per heavy atom. The Morgan fingerprint density at radius 2 is 1.53 bits per heavy atom. The number of benzene rings is 2. The number of unbranched alkanes of at least 4 members (excludes halogenated alkanes) is 3. The smallest absolute Gasteiger partial charge is 0.407 e. The molecule has 0 bridgehead atoms. The van der Waals surface area contributed by atoms with Gasteiger partial charge in [-0.1, -0.05) is 73.0 Å². The Hall–Kier alpha value is -3.15. The molecule has 0 heterocycles. The van der Waals surface area contributed by atoms with Crippen molar-refractivity contribution >= 4 is 17.8 Å². The van der Waals surface area contributed by atoms with Gasteiger partial charge in [-0.15, -0.1) is 0 Å². The van der Waals surface area contributed by atoms with Crippen LogP contribution < -0.4 is 5.32 Å². The number of rotatable bonds is 13. The Balaban J connectivity index is 1.83. The highest BCUT2D eigenvalue weighted by atomic mass is 16.5. The molecule has 1 unspecified atom stereocenters. The second kappa shape index (κ2) is 14.0. The van der Waals surface area contributed by atoms with Crippen molar-refractivity contribution in [1.29, 1.82) is 0 Å². The van der Waals surface area contributed by atoms with Crippen LogP contribution in [0.4, 0.5) is 4.79 Å². The third kappa shape index (κ3) is 9.77. The number of Topliss-reactive ketones (excluding diaryl/α,β-unsaturated/α-hetero) is 1. The molecule has 2 aromatic rings. The van der Waals surface area contributed by atoms with Gasteiger partial charge in [-0.3, -0.25) is 9.59 Å². The van der Waals surface area contributed by atoms with Crippen molar-refractivity contribution in [3.05, 3.63) is 71.3 Å². The molecule has 32 heavy (non-hydrogen) atoms. The van der Waals surface area contributed by atoms with Gasteiger partial charge in [0.2, 0.25) is 0 Å². The lowest BCUT2D eigenvalue weighted by Gasteiger charge is -2.19. The molecule has 0 aromatic heterocycles. The van der Waals surface area contributed by atoms with E-state index in [0.29, 0.717) is 12.8 Å². The van der Waals surface area contributed by atoms with Gasteiger partial charge >= 0.3 is 12.1 Å². The van der Waals surface area contributed by atoms with Gasteiger partial charge < -0.3 is 14.8 Å². The number of methoxy groups -OCH3 is 1. The number of carbonyl (C=O) groups excluding carboxylic acids is 3. The van der Waals surface area contributed by atoms with Crippen molar-refractivity contribution in [2.24, 2.45) is 0 Å². The van der Waals surface area contributed by atoms with Gasteiger partial charge in [0.05, 0.1) is 13.2 Å². The van der Waals surface area contributed by atoms with Gasteiger partial charge in [0, 0.05) is 19.3 Å². The van der Waals surface area contributed by atoms with Gasteiger partial charge in [0.25, 0.3) is 0 Å². The van der Waals surface area contributed by atoms with Crippen LogP contribution in [0.5, 0.6) is 0 Å². The molecule has 1 amide bonds. The fourth-order valence-electron chi connectivity index (χ4n) is 3.33. The normalized spacial score (nSPS) is 11.4. The van der Waals surface area contributed by atoms with Crippen LogP contribution >= 0.6 is 0 Å². The molecule has 6 heteroatoms. The number of ketones is 1. The SMILES string of the molecule is COC(=O)CCCCCCC(=O)CC(NC(=O)OCc1ccccc1)c1ccc(C)cc1.